The molecule has 0 saturated heterocycles. The standard InChI is InChI=1S/C11H8Cl2F3NO/c12-8-3-1-7(5-9(8)13)2-4-10(18)17-6-11(14,15)16/h1-5H,6H2,(H,17,18)/b4-2+. The summed E-state index contributed by atoms with van der Waals surface area (Å²) in [7, 11) is 0. The molecule has 0 spiro atoms. The number of amides is 1. The first-order valence-electron chi connectivity index (χ1n) is 4.75. The van der Waals surface area contributed by atoms with Gasteiger partial charge in [0, 0.05) is 6.08 Å². The molecule has 98 valence electrons. The smallest absolute Gasteiger partial charge is 0.343 e. The van der Waals surface area contributed by atoms with E-state index in [0.717, 1.165) is 6.08 Å². The summed E-state index contributed by atoms with van der Waals surface area (Å²) in [5, 5.41) is 2.37. The van der Waals surface area contributed by atoms with Gasteiger partial charge in [-0.3, -0.25) is 4.79 Å². The van der Waals surface area contributed by atoms with E-state index in [2.05, 4.69) is 0 Å². The van der Waals surface area contributed by atoms with Gasteiger partial charge in [0.1, 0.15) is 6.54 Å². The van der Waals surface area contributed by atoms with Crippen LogP contribution in [0.4, 0.5) is 13.2 Å². The Balaban J connectivity index is 2.58. The Hall–Kier alpha value is -1.20. The van der Waals surface area contributed by atoms with Crippen LogP contribution in [0, 0.1) is 0 Å². The highest BCUT2D eigenvalue weighted by Crippen LogP contribution is 2.23. The highest BCUT2D eigenvalue weighted by Gasteiger charge is 2.27. The molecule has 0 fully saturated rings. The monoisotopic (exact) mass is 297 g/mol. The molecule has 1 N–H and O–H groups in total. The molecule has 1 amide bonds. The maximum atomic E-state index is 11.8. The fourth-order valence-corrected chi connectivity index (χ4v) is 1.34. The van der Waals surface area contributed by atoms with Crippen LogP contribution in [-0.2, 0) is 4.79 Å². The highest BCUT2D eigenvalue weighted by molar-refractivity contribution is 6.42. The van der Waals surface area contributed by atoms with E-state index in [4.69, 9.17) is 23.2 Å². The van der Waals surface area contributed by atoms with Gasteiger partial charge in [-0.1, -0.05) is 29.3 Å². The molecule has 0 atom stereocenters. The van der Waals surface area contributed by atoms with Crippen molar-refractivity contribution in [3.05, 3.63) is 39.9 Å². The molecule has 7 heteroatoms. The number of benzene rings is 1. The highest BCUT2D eigenvalue weighted by atomic mass is 35.5. The van der Waals surface area contributed by atoms with Crippen molar-refractivity contribution in [2.75, 3.05) is 6.54 Å². The van der Waals surface area contributed by atoms with Crippen LogP contribution >= 0.6 is 23.2 Å². The molecule has 0 aliphatic carbocycles. The molecule has 0 unspecified atom stereocenters. The van der Waals surface area contributed by atoms with Gasteiger partial charge in [-0.25, -0.2) is 0 Å². The summed E-state index contributed by atoms with van der Waals surface area (Å²) in [6.07, 6.45) is -2.09. The molecular weight excluding hydrogens is 290 g/mol. The third-order valence-electron chi connectivity index (χ3n) is 1.83. The van der Waals surface area contributed by atoms with Crippen LogP contribution in [0.3, 0.4) is 0 Å². The molecule has 1 aromatic rings. The average molecular weight is 298 g/mol. The van der Waals surface area contributed by atoms with E-state index < -0.39 is 18.6 Å². The molecule has 0 bridgehead atoms. The average Bonchev–Trinajstić information content (AvgIpc) is 2.27. The number of carbonyl (C=O) groups is 1. The van der Waals surface area contributed by atoms with Gasteiger partial charge in [-0.05, 0) is 23.8 Å². The molecule has 18 heavy (non-hydrogen) atoms. The third-order valence-corrected chi connectivity index (χ3v) is 2.57. The zero-order valence-electron chi connectivity index (χ0n) is 8.89. The Bertz CT molecular complexity index is 472. The van der Waals surface area contributed by atoms with Gasteiger partial charge >= 0.3 is 6.18 Å². The van der Waals surface area contributed by atoms with Gasteiger partial charge in [0.15, 0.2) is 0 Å². The Labute approximate surface area is 111 Å². The summed E-state index contributed by atoms with van der Waals surface area (Å²) in [5.41, 5.74) is 0.562. The van der Waals surface area contributed by atoms with Crippen LogP contribution in [0.5, 0.6) is 0 Å². The van der Waals surface area contributed by atoms with Crippen LogP contribution < -0.4 is 5.32 Å². The number of halogens is 5. The largest absolute Gasteiger partial charge is 0.405 e. The lowest BCUT2D eigenvalue weighted by Crippen LogP contribution is -2.32. The summed E-state index contributed by atoms with van der Waals surface area (Å²) in [6, 6.07) is 4.61. The normalized spacial score (nSPS) is 11.8. The van der Waals surface area contributed by atoms with Crippen molar-refractivity contribution >= 4 is 35.2 Å². The molecule has 1 aromatic carbocycles. The molecule has 0 radical (unpaired) electrons. The van der Waals surface area contributed by atoms with E-state index in [9.17, 15) is 18.0 Å². The van der Waals surface area contributed by atoms with Gasteiger partial charge in [0.25, 0.3) is 0 Å². The topological polar surface area (TPSA) is 29.1 Å². The molecule has 0 aliphatic rings. The van der Waals surface area contributed by atoms with Crippen molar-refractivity contribution in [3.8, 4) is 0 Å². The number of hydrogen-bond donors (Lipinski definition) is 1. The van der Waals surface area contributed by atoms with Crippen LogP contribution in [0.1, 0.15) is 5.56 Å². The van der Waals surface area contributed by atoms with Gasteiger partial charge in [0.05, 0.1) is 10.0 Å². The maximum Gasteiger partial charge on any atom is 0.405 e. The molecule has 1 rings (SSSR count). The first-order valence-corrected chi connectivity index (χ1v) is 5.51. The second-order valence-electron chi connectivity index (χ2n) is 3.34. The van der Waals surface area contributed by atoms with Gasteiger partial charge in [0.2, 0.25) is 5.91 Å². The molecular formula is C11H8Cl2F3NO. The minimum Gasteiger partial charge on any atom is -0.343 e. The molecule has 0 aliphatic heterocycles. The van der Waals surface area contributed by atoms with Crippen molar-refractivity contribution in [3.63, 3.8) is 0 Å². The first-order chi connectivity index (χ1) is 8.28. The summed E-state index contributed by atoms with van der Waals surface area (Å²) < 4.78 is 35.4. The Kier molecular flexibility index (Phi) is 5.04. The van der Waals surface area contributed by atoms with Crippen molar-refractivity contribution in [1.82, 2.24) is 5.32 Å². The van der Waals surface area contributed by atoms with E-state index in [1.54, 1.807) is 11.4 Å². The quantitative estimate of drug-likeness (QED) is 0.847. The molecule has 2 nitrogen and oxygen atoms in total. The van der Waals surface area contributed by atoms with Crippen molar-refractivity contribution < 1.29 is 18.0 Å². The summed E-state index contributed by atoms with van der Waals surface area (Å²) >= 11 is 11.4. The zero-order chi connectivity index (χ0) is 13.8. The maximum absolute atomic E-state index is 11.8. The molecule has 0 saturated carbocycles. The predicted octanol–water partition coefficient (Wildman–Crippen LogP) is 3.69. The zero-order valence-corrected chi connectivity index (χ0v) is 10.4. The SMILES string of the molecule is O=C(/C=C/c1ccc(Cl)c(Cl)c1)NCC(F)(F)F. The second-order valence-corrected chi connectivity index (χ2v) is 4.15. The van der Waals surface area contributed by atoms with Crippen molar-refractivity contribution in [2.45, 2.75) is 6.18 Å². The second kappa shape index (κ2) is 6.11. The number of nitrogens with one attached hydrogen (secondary N) is 1. The summed E-state index contributed by atoms with van der Waals surface area (Å²) in [6.45, 7) is -1.36. The van der Waals surface area contributed by atoms with E-state index in [1.807, 2.05) is 0 Å². The Morgan fingerprint density at radius 1 is 1.28 bits per heavy atom. The van der Waals surface area contributed by atoms with E-state index in [-0.39, 0.29) is 0 Å². The van der Waals surface area contributed by atoms with Crippen LogP contribution in [0.15, 0.2) is 24.3 Å². The Morgan fingerprint density at radius 3 is 2.50 bits per heavy atom. The number of carbonyl (C=O) groups excluding carboxylic acids is 1. The first kappa shape index (κ1) is 14.9. The van der Waals surface area contributed by atoms with E-state index in [1.165, 1.54) is 18.2 Å². The predicted molar refractivity (Wildman–Crippen MR) is 64.6 cm³/mol. The van der Waals surface area contributed by atoms with Crippen LogP contribution in [-0.4, -0.2) is 18.6 Å². The Morgan fingerprint density at radius 2 is 1.94 bits per heavy atom. The number of rotatable bonds is 3. The lowest BCUT2D eigenvalue weighted by atomic mass is 10.2. The molecule has 0 heterocycles. The lowest BCUT2D eigenvalue weighted by molar-refractivity contribution is -0.135. The van der Waals surface area contributed by atoms with Gasteiger partial charge in [-0.2, -0.15) is 13.2 Å². The number of hydrogen-bond acceptors (Lipinski definition) is 1. The lowest BCUT2D eigenvalue weighted by Gasteiger charge is -2.05. The minimum absolute atomic E-state index is 0.300. The van der Waals surface area contributed by atoms with Crippen molar-refractivity contribution in [1.29, 1.82) is 0 Å². The fourth-order valence-electron chi connectivity index (χ4n) is 1.03. The summed E-state index contributed by atoms with van der Waals surface area (Å²) in [5.74, 6) is -0.835. The molecule has 0 aromatic heterocycles. The van der Waals surface area contributed by atoms with Crippen molar-refractivity contribution in [2.24, 2.45) is 0 Å². The van der Waals surface area contributed by atoms with Crippen LogP contribution in [0.2, 0.25) is 10.0 Å². The van der Waals surface area contributed by atoms with E-state index in [0.29, 0.717) is 15.6 Å². The van der Waals surface area contributed by atoms with Gasteiger partial charge in [-0.15, -0.1) is 0 Å². The van der Waals surface area contributed by atoms with Gasteiger partial charge < -0.3 is 5.32 Å². The van der Waals surface area contributed by atoms with Crippen LogP contribution in [0.25, 0.3) is 6.08 Å². The summed E-state index contributed by atoms with van der Waals surface area (Å²) in [4.78, 5) is 11.1. The minimum atomic E-state index is -4.42. The third kappa shape index (κ3) is 5.42. The number of alkyl halides is 3. The van der Waals surface area contributed by atoms with E-state index >= 15 is 0 Å². The fraction of sp³-hybridized carbons (Fsp3) is 0.182.